The number of likely N-dealkylation sites (tertiary alicyclic amines) is 1. The van der Waals surface area contributed by atoms with Crippen molar-refractivity contribution in [3.8, 4) is 0 Å². The Morgan fingerprint density at radius 2 is 2.12 bits per heavy atom. The molecule has 0 saturated carbocycles. The average molecular weight is 390 g/mol. The molecule has 8 heteroatoms. The summed E-state index contributed by atoms with van der Waals surface area (Å²) in [6.07, 6.45) is 0.219. The van der Waals surface area contributed by atoms with Crippen molar-refractivity contribution >= 4 is 35.8 Å². The molecule has 1 fully saturated rings. The van der Waals surface area contributed by atoms with Crippen LogP contribution in [0.3, 0.4) is 0 Å². The Hall–Kier alpha value is -1.34. The lowest BCUT2D eigenvalue weighted by Gasteiger charge is -2.25. The monoisotopic (exact) mass is 389 g/mol. The lowest BCUT2D eigenvalue weighted by Crippen LogP contribution is -2.38. The minimum Gasteiger partial charge on any atom is -0.383 e. The largest absolute Gasteiger partial charge is 0.383 e. The van der Waals surface area contributed by atoms with E-state index >= 15 is 0 Å². The van der Waals surface area contributed by atoms with E-state index in [4.69, 9.17) is 16.3 Å². The summed E-state index contributed by atoms with van der Waals surface area (Å²) in [7, 11) is 3.38. The maximum Gasteiger partial charge on any atom is 0.226 e. The third-order valence-electron chi connectivity index (χ3n) is 4.20. The Bertz CT molecular complexity index is 586. The summed E-state index contributed by atoms with van der Waals surface area (Å²) < 4.78 is 4.94. The molecule has 2 rings (SSSR count). The quantitative estimate of drug-likeness (QED) is 0.662. The number of amides is 2. The summed E-state index contributed by atoms with van der Waals surface area (Å²) in [6, 6.07) is 7.05. The number of methoxy groups -OCH3 is 1. The standard InChI is InChI=1S/C17H24ClN3O3.ClH/c1-21-15(22)11-14(16(21)12-4-3-5-13(18)10-12)17(23)20-7-6-19-8-9-24-2;/h3-5,10,14,16,19H,6-9,11H2,1-2H3,(H,20,23);1H. The van der Waals surface area contributed by atoms with Gasteiger partial charge in [-0.15, -0.1) is 12.4 Å². The Balaban J connectivity index is 0.00000312. The second kappa shape index (κ2) is 10.6. The summed E-state index contributed by atoms with van der Waals surface area (Å²) >= 11 is 6.06. The number of halogens is 2. The van der Waals surface area contributed by atoms with E-state index in [1.54, 1.807) is 25.1 Å². The van der Waals surface area contributed by atoms with Crippen LogP contribution in [0.15, 0.2) is 24.3 Å². The van der Waals surface area contributed by atoms with Crippen LogP contribution in [0, 0.1) is 5.92 Å². The third kappa shape index (κ3) is 5.85. The zero-order valence-corrected chi connectivity index (χ0v) is 16.0. The van der Waals surface area contributed by atoms with Crippen molar-refractivity contribution in [1.82, 2.24) is 15.5 Å². The Labute approximate surface area is 159 Å². The van der Waals surface area contributed by atoms with E-state index in [1.807, 2.05) is 18.2 Å². The first-order valence-electron chi connectivity index (χ1n) is 8.03. The van der Waals surface area contributed by atoms with E-state index in [1.165, 1.54) is 0 Å². The molecule has 0 aromatic heterocycles. The van der Waals surface area contributed by atoms with Gasteiger partial charge in [0.05, 0.1) is 18.6 Å². The highest BCUT2D eigenvalue weighted by Gasteiger charge is 2.42. The molecule has 1 aromatic rings. The van der Waals surface area contributed by atoms with Gasteiger partial charge in [-0.3, -0.25) is 9.59 Å². The molecule has 1 aliphatic rings. The maximum absolute atomic E-state index is 12.5. The van der Waals surface area contributed by atoms with Gasteiger partial charge in [0.1, 0.15) is 0 Å². The van der Waals surface area contributed by atoms with Crippen LogP contribution in [0.25, 0.3) is 0 Å². The van der Waals surface area contributed by atoms with Gasteiger partial charge in [0, 0.05) is 45.2 Å². The Kier molecular flexibility index (Phi) is 9.21. The highest BCUT2D eigenvalue weighted by atomic mass is 35.5. The van der Waals surface area contributed by atoms with Crippen LogP contribution in [0.4, 0.5) is 0 Å². The van der Waals surface area contributed by atoms with Crippen LogP contribution in [-0.2, 0) is 14.3 Å². The number of hydrogen-bond acceptors (Lipinski definition) is 4. The van der Waals surface area contributed by atoms with Gasteiger partial charge < -0.3 is 20.3 Å². The highest BCUT2D eigenvalue weighted by molar-refractivity contribution is 6.30. The fourth-order valence-corrected chi connectivity index (χ4v) is 3.15. The van der Waals surface area contributed by atoms with Gasteiger partial charge in [-0.1, -0.05) is 23.7 Å². The number of benzene rings is 1. The zero-order valence-electron chi connectivity index (χ0n) is 14.5. The molecular weight excluding hydrogens is 365 g/mol. The number of nitrogens with one attached hydrogen (secondary N) is 2. The molecule has 1 heterocycles. The van der Waals surface area contributed by atoms with E-state index in [2.05, 4.69) is 10.6 Å². The molecule has 2 N–H and O–H groups in total. The Morgan fingerprint density at radius 1 is 1.36 bits per heavy atom. The van der Waals surface area contributed by atoms with Crippen LogP contribution in [0.1, 0.15) is 18.0 Å². The first-order chi connectivity index (χ1) is 11.5. The second-order valence-corrected chi connectivity index (χ2v) is 6.29. The highest BCUT2D eigenvalue weighted by Crippen LogP contribution is 2.37. The van der Waals surface area contributed by atoms with Gasteiger partial charge >= 0.3 is 0 Å². The van der Waals surface area contributed by atoms with Gasteiger partial charge in [-0.25, -0.2) is 0 Å². The molecule has 2 amide bonds. The van der Waals surface area contributed by atoms with Gasteiger partial charge in [-0.05, 0) is 17.7 Å². The lowest BCUT2D eigenvalue weighted by atomic mass is 9.93. The first kappa shape index (κ1) is 21.7. The topological polar surface area (TPSA) is 70.7 Å². The molecule has 0 radical (unpaired) electrons. The first-order valence-corrected chi connectivity index (χ1v) is 8.41. The van der Waals surface area contributed by atoms with E-state index in [-0.39, 0.29) is 36.7 Å². The van der Waals surface area contributed by atoms with Crippen LogP contribution in [0.2, 0.25) is 5.02 Å². The summed E-state index contributed by atoms with van der Waals surface area (Å²) in [6.45, 7) is 2.54. The maximum atomic E-state index is 12.5. The summed E-state index contributed by atoms with van der Waals surface area (Å²) in [5.74, 6) is -0.537. The third-order valence-corrected chi connectivity index (χ3v) is 4.43. The molecule has 6 nitrogen and oxygen atoms in total. The van der Waals surface area contributed by atoms with Crippen molar-refractivity contribution in [3.05, 3.63) is 34.9 Å². The number of nitrogens with zero attached hydrogens (tertiary/aromatic N) is 1. The number of hydrogen-bond donors (Lipinski definition) is 2. The molecule has 2 atom stereocenters. The van der Waals surface area contributed by atoms with Crippen molar-refractivity contribution < 1.29 is 14.3 Å². The van der Waals surface area contributed by atoms with Crippen LogP contribution < -0.4 is 10.6 Å². The normalized spacial score (nSPS) is 19.6. The van der Waals surface area contributed by atoms with Crippen molar-refractivity contribution in [3.63, 3.8) is 0 Å². The molecule has 0 spiro atoms. The molecule has 0 bridgehead atoms. The number of rotatable bonds is 8. The van der Waals surface area contributed by atoms with Crippen molar-refractivity contribution in [2.45, 2.75) is 12.5 Å². The van der Waals surface area contributed by atoms with Gasteiger partial charge in [0.15, 0.2) is 0 Å². The lowest BCUT2D eigenvalue weighted by molar-refractivity contribution is -0.128. The predicted molar refractivity (Wildman–Crippen MR) is 100 cm³/mol. The number of ether oxygens (including phenoxy) is 1. The van der Waals surface area contributed by atoms with E-state index in [9.17, 15) is 9.59 Å². The van der Waals surface area contributed by atoms with E-state index < -0.39 is 5.92 Å². The van der Waals surface area contributed by atoms with Gasteiger partial charge in [-0.2, -0.15) is 0 Å². The second-order valence-electron chi connectivity index (χ2n) is 5.85. The van der Waals surface area contributed by atoms with Gasteiger partial charge in [0.2, 0.25) is 11.8 Å². The number of carbonyl (C=O) groups excluding carboxylic acids is 2. The SMILES string of the molecule is COCCNCCNC(=O)C1CC(=O)N(C)C1c1cccc(Cl)c1.Cl. The average Bonchev–Trinajstić information content (AvgIpc) is 2.86. The predicted octanol–water partition coefficient (Wildman–Crippen LogP) is 1.63. The molecule has 1 aliphatic heterocycles. The molecular formula is C17H25Cl2N3O3. The van der Waals surface area contributed by atoms with Crippen molar-refractivity contribution in [2.75, 3.05) is 40.4 Å². The van der Waals surface area contributed by atoms with Crippen molar-refractivity contribution in [1.29, 1.82) is 0 Å². The van der Waals surface area contributed by atoms with E-state index in [0.717, 1.165) is 12.1 Å². The molecule has 1 aromatic carbocycles. The molecule has 0 aliphatic carbocycles. The molecule has 2 unspecified atom stereocenters. The van der Waals surface area contributed by atoms with E-state index in [0.29, 0.717) is 24.7 Å². The molecule has 140 valence electrons. The van der Waals surface area contributed by atoms with Crippen molar-refractivity contribution in [2.24, 2.45) is 5.92 Å². The Morgan fingerprint density at radius 3 is 2.80 bits per heavy atom. The van der Waals surface area contributed by atoms with Gasteiger partial charge in [0.25, 0.3) is 0 Å². The summed E-state index contributed by atoms with van der Waals surface area (Å²) in [5.41, 5.74) is 0.884. The van der Waals surface area contributed by atoms with Crippen LogP contribution >= 0.6 is 24.0 Å². The summed E-state index contributed by atoms with van der Waals surface area (Å²) in [5, 5.41) is 6.67. The minimum absolute atomic E-state index is 0. The minimum atomic E-state index is -0.403. The smallest absolute Gasteiger partial charge is 0.226 e. The number of carbonyl (C=O) groups is 2. The zero-order chi connectivity index (χ0) is 17.5. The molecule has 1 saturated heterocycles. The molecule has 25 heavy (non-hydrogen) atoms. The van der Waals surface area contributed by atoms with Crippen LogP contribution in [0.5, 0.6) is 0 Å². The fourth-order valence-electron chi connectivity index (χ4n) is 2.96. The van der Waals surface area contributed by atoms with Crippen LogP contribution in [-0.4, -0.2) is 57.1 Å². The fraction of sp³-hybridized carbons (Fsp3) is 0.529. The summed E-state index contributed by atoms with van der Waals surface area (Å²) in [4.78, 5) is 26.2.